The number of fused-ring (bicyclic) bond motifs is 1. The van der Waals surface area contributed by atoms with Crippen LogP contribution in [-0.4, -0.2) is 33.7 Å². The quantitative estimate of drug-likeness (QED) is 0.343. The Morgan fingerprint density at radius 1 is 1.13 bits per heavy atom. The number of anilines is 2. The zero-order valence-corrected chi connectivity index (χ0v) is 18.3. The van der Waals surface area contributed by atoms with E-state index >= 15 is 0 Å². The number of aromatic nitrogens is 3. The van der Waals surface area contributed by atoms with E-state index in [4.69, 9.17) is 4.98 Å². The number of halogens is 2. The summed E-state index contributed by atoms with van der Waals surface area (Å²) in [5.74, 6) is 0.406. The molecule has 9 heteroatoms. The summed E-state index contributed by atoms with van der Waals surface area (Å²) in [4.78, 5) is 16.8. The van der Waals surface area contributed by atoms with Gasteiger partial charge in [0.25, 0.3) is 0 Å². The summed E-state index contributed by atoms with van der Waals surface area (Å²) in [6.45, 7) is 2.89. The third kappa shape index (κ3) is 4.83. The minimum atomic E-state index is -0.365. The number of hydrogen-bond donors (Lipinski definition) is 3. The van der Waals surface area contributed by atoms with E-state index in [1.54, 1.807) is 10.7 Å². The lowest BCUT2D eigenvalue weighted by molar-refractivity contribution is 0.252. The molecule has 0 aliphatic heterocycles. The molecule has 0 bridgehead atoms. The van der Waals surface area contributed by atoms with Crippen LogP contribution in [0.3, 0.4) is 0 Å². The van der Waals surface area contributed by atoms with E-state index in [1.165, 1.54) is 24.3 Å². The second kappa shape index (κ2) is 9.13. The van der Waals surface area contributed by atoms with Crippen molar-refractivity contribution in [1.82, 2.24) is 19.9 Å². The van der Waals surface area contributed by atoms with E-state index in [-0.39, 0.29) is 11.8 Å². The summed E-state index contributed by atoms with van der Waals surface area (Å²) in [5, 5.41) is 13.1. The summed E-state index contributed by atoms with van der Waals surface area (Å²) < 4.78 is 15.5. The average Bonchev–Trinajstić information content (AvgIpc) is 3.14. The molecule has 4 aromatic rings. The van der Waals surface area contributed by atoms with Crippen LogP contribution in [0.1, 0.15) is 5.56 Å². The van der Waals surface area contributed by atoms with Gasteiger partial charge < -0.3 is 16.0 Å². The van der Waals surface area contributed by atoms with Gasteiger partial charge in [-0.05, 0) is 52.7 Å². The molecule has 2 aromatic heterocycles. The van der Waals surface area contributed by atoms with Crippen LogP contribution in [0.4, 0.5) is 20.7 Å². The predicted octanol–water partition coefficient (Wildman–Crippen LogP) is 4.84. The number of hydrogen-bond acceptors (Lipinski definition) is 4. The van der Waals surface area contributed by atoms with Gasteiger partial charge in [0.15, 0.2) is 5.65 Å². The summed E-state index contributed by atoms with van der Waals surface area (Å²) in [7, 11) is 0. The second-order valence-corrected chi connectivity index (χ2v) is 7.74. The maximum atomic E-state index is 13.0. The van der Waals surface area contributed by atoms with Crippen molar-refractivity contribution in [1.29, 1.82) is 0 Å². The zero-order chi connectivity index (χ0) is 21.8. The molecule has 158 valence electrons. The Hall–Kier alpha value is -3.46. The van der Waals surface area contributed by atoms with Gasteiger partial charge in [-0.15, -0.1) is 0 Å². The molecule has 0 spiro atoms. The van der Waals surface area contributed by atoms with Gasteiger partial charge in [0.2, 0.25) is 0 Å². The molecule has 0 saturated carbocycles. The Morgan fingerprint density at radius 2 is 1.90 bits per heavy atom. The normalized spacial score (nSPS) is 10.8. The number of nitrogens with one attached hydrogen (secondary N) is 3. The predicted molar refractivity (Wildman–Crippen MR) is 123 cm³/mol. The van der Waals surface area contributed by atoms with Crippen molar-refractivity contribution < 1.29 is 9.18 Å². The zero-order valence-electron chi connectivity index (χ0n) is 16.7. The molecular formula is C22H20BrFN6O. The number of amides is 2. The van der Waals surface area contributed by atoms with E-state index in [2.05, 4.69) is 37.0 Å². The fourth-order valence-corrected chi connectivity index (χ4v) is 3.48. The highest BCUT2D eigenvalue weighted by atomic mass is 79.9. The van der Waals surface area contributed by atoms with Gasteiger partial charge in [-0.3, -0.25) is 0 Å². The van der Waals surface area contributed by atoms with Gasteiger partial charge in [0.05, 0.1) is 16.4 Å². The topological polar surface area (TPSA) is 83.3 Å². The van der Waals surface area contributed by atoms with Gasteiger partial charge in [-0.25, -0.2) is 14.2 Å². The highest BCUT2D eigenvalue weighted by Crippen LogP contribution is 2.27. The minimum absolute atomic E-state index is 0.353. The summed E-state index contributed by atoms with van der Waals surface area (Å²) in [6.07, 6.45) is 1.70. The second-order valence-electron chi connectivity index (χ2n) is 6.88. The Bertz CT molecular complexity index is 1220. The molecule has 0 fully saturated rings. The Balaban J connectivity index is 1.44. The van der Waals surface area contributed by atoms with E-state index in [0.29, 0.717) is 24.4 Å². The first kappa shape index (κ1) is 20.8. The molecule has 0 aliphatic carbocycles. The highest BCUT2D eigenvalue weighted by molar-refractivity contribution is 9.10. The van der Waals surface area contributed by atoms with Crippen molar-refractivity contribution >= 4 is 39.1 Å². The number of urea groups is 1. The van der Waals surface area contributed by atoms with Gasteiger partial charge in [0, 0.05) is 30.4 Å². The summed E-state index contributed by atoms with van der Waals surface area (Å²) >= 11 is 3.50. The molecule has 31 heavy (non-hydrogen) atoms. The van der Waals surface area contributed by atoms with E-state index < -0.39 is 0 Å². The van der Waals surface area contributed by atoms with Crippen LogP contribution in [0.5, 0.6) is 0 Å². The molecule has 4 rings (SSSR count). The van der Waals surface area contributed by atoms with Crippen molar-refractivity contribution in [2.24, 2.45) is 0 Å². The van der Waals surface area contributed by atoms with Crippen molar-refractivity contribution in [2.45, 2.75) is 6.92 Å². The fraction of sp³-hybridized carbons (Fsp3) is 0.136. The van der Waals surface area contributed by atoms with Gasteiger partial charge >= 0.3 is 6.03 Å². The smallest absolute Gasteiger partial charge is 0.319 e. The highest BCUT2D eigenvalue weighted by Gasteiger charge is 2.12. The molecule has 0 radical (unpaired) electrons. The minimum Gasteiger partial charge on any atom is -0.368 e. The van der Waals surface area contributed by atoms with Crippen molar-refractivity contribution in [3.8, 4) is 11.3 Å². The fourth-order valence-electron chi connectivity index (χ4n) is 3.14. The molecule has 7 nitrogen and oxygen atoms in total. The molecule has 3 N–H and O–H groups in total. The van der Waals surface area contributed by atoms with Gasteiger partial charge in [-0.2, -0.15) is 9.61 Å². The third-order valence-electron chi connectivity index (χ3n) is 4.67. The largest absolute Gasteiger partial charge is 0.368 e. The van der Waals surface area contributed by atoms with Gasteiger partial charge in [0.1, 0.15) is 11.6 Å². The lowest BCUT2D eigenvalue weighted by atomic mass is 10.1. The van der Waals surface area contributed by atoms with Crippen molar-refractivity contribution in [3.05, 3.63) is 76.6 Å². The van der Waals surface area contributed by atoms with Crippen molar-refractivity contribution in [3.63, 3.8) is 0 Å². The number of benzene rings is 2. The first-order chi connectivity index (χ1) is 15.0. The number of carbonyl (C=O) groups is 1. The standard InChI is InChI=1S/C22H20BrFN6O/c1-14-4-2-3-5-17(14)19-12-20(30-21(29-19)18(23)13-27-30)25-10-11-26-22(31)28-16-8-6-15(24)7-9-16/h2-9,12-13,25H,10-11H2,1H3,(H2,26,28,31). The summed E-state index contributed by atoms with van der Waals surface area (Å²) in [5.41, 5.74) is 4.21. The van der Waals surface area contributed by atoms with Crippen LogP contribution in [-0.2, 0) is 0 Å². The maximum absolute atomic E-state index is 13.0. The van der Waals surface area contributed by atoms with Gasteiger partial charge in [-0.1, -0.05) is 24.3 Å². The average molecular weight is 483 g/mol. The Kier molecular flexibility index (Phi) is 6.13. The monoisotopic (exact) mass is 482 g/mol. The molecular weight excluding hydrogens is 463 g/mol. The van der Waals surface area contributed by atoms with E-state index in [0.717, 1.165) is 27.1 Å². The van der Waals surface area contributed by atoms with Crippen LogP contribution in [0.25, 0.3) is 16.9 Å². The number of carbonyl (C=O) groups excluding carboxylic acids is 1. The number of nitrogens with zero attached hydrogens (tertiary/aromatic N) is 3. The van der Waals surface area contributed by atoms with Crippen LogP contribution in [0, 0.1) is 12.7 Å². The van der Waals surface area contributed by atoms with Crippen molar-refractivity contribution in [2.75, 3.05) is 23.7 Å². The SMILES string of the molecule is Cc1ccccc1-c1cc(NCCNC(=O)Nc2ccc(F)cc2)n2ncc(Br)c2n1. The Morgan fingerprint density at radius 3 is 2.68 bits per heavy atom. The Labute approximate surface area is 186 Å². The summed E-state index contributed by atoms with van der Waals surface area (Å²) in [6, 6.07) is 15.2. The van der Waals surface area contributed by atoms with E-state index in [1.807, 2.05) is 37.3 Å². The van der Waals surface area contributed by atoms with Crippen LogP contribution in [0.15, 0.2) is 65.3 Å². The lowest BCUT2D eigenvalue weighted by Crippen LogP contribution is -2.32. The van der Waals surface area contributed by atoms with Crippen LogP contribution < -0.4 is 16.0 Å². The molecule has 2 aromatic carbocycles. The lowest BCUT2D eigenvalue weighted by Gasteiger charge is -2.13. The molecule has 0 unspecified atom stereocenters. The van der Waals surface area contributed by atoms with Crippen LogP contribution in [0.2, 0.25) is 0 Å². The van der Waals surface area contributed by atoms with Crippen LogP contribution >= 0.6 is 15.9 Å². The molecule has 0 saturated heterocycles. The maximum Gasteiger partial charge on any atom is 0.319 e. The molecule has 0 aliphatic rings. The van der Waals surface area contributed by atoms with E-state index in [9.17, 15) is 9.18 Å². The number of rotatable bonds is 6. The third-order valence-corrected chi connectivity index (χ3v) is 5.23. The first-order valence-electron chi connectivity index (χ1n) is 9.66. The first-order valence-corrected chi connectivity index (χ1v) is 10.4. The molecule has 2 heterocycles. The number of aryl methyl sites for hydroxylation is 1. The molecule has 0 atom stereocenters. The molecule has 2 amide bonds.